The van der Waals surface area contributed by atoms with Crippen molar-refractivity contribution in [3.63, 3.8) is 0 Å². The molecule has 2 N–H and O–H groups in total. The summed E-state index contributed by atoms with van der Waals surface area (Å²) in [6.45, 7) is 3.64. The van der Waals surface area contributed by atoms with E-state index in [1.165, 1.54) is 23.0 Å². The van der Waals surface area contributed by atoms with Crippen molar-refractivity contribution in [3.8, 4) is 0 Å². The Labute approximate surface area is 123 Å². The molecule has 1 amide bonds. The van der Waals surface area contributed by atoms with Crippen LogP contribution in [0.15, 0.2) is 11.4 Å². The number of hydrogen-bond donors (Lipinski definition) is 1. The molecule has 20 heavy (non-hydrogen) atoms. The summed E-state index contributed by atoms with van der Waals surface area (Å²) in [4.78, 5) is 32.5. The Kier molecular flexibility index (Phi) is 4.56. The van der Waals surface area contributed by atoms with E-state index >= 15 is 0 Å². The molecule has 0 fully saturated rings. The van der Waals surface area contributed by atoms with Crippen LogP contribution in [0.1, 0.15) is 10.4 Å². The SMILES string of the molecule is Cc1sc2ncnc(SCC(=O)OCC(N)=O)c2c1C. The summed E-state index contributed by atoms with van der Waals surface area (Å²) in [5.41, 5.74) is 6.03. The normalized spacial score (nSPS) is 10.7. The van der Waals surface area contributed by atoms with Gasteiger partial charge in [-0.25, -0.2) is 9.97 Å². The Morgan fingerprint density at radius 3 is 2.85 bits per heavy atom. The van der Waals surface area contributed by atoms with Crippen molar-refractivity contribution in [2.75, 3.05) is 12.4 Å². The van der Waals surface area contributed by atoms with Crippen LogP contribution < -0.4 is 5.73 Å². The molecule has 2 heterocycles. The molecule has 0 aliphatic heterocycles. The topological polar surface area (TPSA) is 95.2 Å². The van der Waals surface area contributed by atoms with Crippen LogP contribution in [-0.2, 0) is 14.3 Å². The number of hydrogen-bond acceptors (Lipinski definition) is 7. The Morgan fingerprint density at radius 1 is 1.40 bits per heavy atom. The van der Waals surface area contributed by atoms with Crippen molar-refractivity contribution >= 4 is 45.2 Å². The summed E-state index contributed by atoms with van der Waals surface area (Å²) < 4.78 is 4.70. The van der Waals surface area contributed by atoms with E-state index in [0.717, 1.165) is 20.8 Å². The van der Waals surface area contributed by atoms with Crippen LogP contribution in [-0.4, -0.2) is 34.2 Å². The minimum Gasteiger partial charge on any atom is -0.455 e. The van der Waals surface area contributed by atoms with E-state index in [9.17, 15) is 9.59 Å². The van der Waals surface area contributed by atoms with E-state index < -0.39 is 18.5 Å². The van der Waals surface area contributed by atoms with Gasteiger partial charge in [0.25, 0.3) is 5.91 Å². The maximum Gasteiger partial charge on any atom is 0.316 e. The lowest BCUT2D eigenvalue weighted by Crippen LogP contribution is -2.21. The maximum absolute atomic E-state index is 11.5. The first kappa shape index (κ1) is 14.7. The fourth-order valence-electron chi connectivity index (χ4n) is 1.58. The first-order valence-electron chi connectivity index (χ1n) is 5.76. The predicted octanol–water partition coefficient (Wildman–Crippen LogP) is 1.43. The zero-order chi connectivity index (χ0) is 14.7. The number of esters is 1. The summed E-state index contributed by atoms with van der Waals surface area (Å²) in [6.07, 6.45) is 1.48. The van der Waals surface area contributed by atoms with Gasteiger partial charge in [0, 0.05) is 10.3 Å². The highest BCUT2D eigenvalue weighted by Crippen LogP contribution is 2.34. The van der Waals surface area contributed by atoms with Gasteiger partial charge >= 0.3 is 5.97 Å². The molecule has 2 rings (SSSR count). The predicted molar refractivity (Wildman–Crippen MR) is 77.8 cm³/mol. The van der Waals surface area contributed by atoms with Crippen molar-refractivity contribution in [3.05, 3.63) is 16.8 Å². The van der Waals surface area contributed by atoms with Gasteiger partial charge in [0.2, 0.25) is 0 Å². The highest BCUT2D eigenvalue weighted by molar-refractivity contribution is 8.00. The molecular weight excluding hydrogens is 298 g/mol. The van der Waals surface area contributed by atoms with Crippen LogP contribution in [0.4, 0.5) is 0 Å². The second kappa shape index (κ2) is 6.19. The molecule has 6 nitrogen and oxygen atoms in total. The number of thioether (sulfide) groups is 1. The number of carbonyl (C=O) groups excluding carboxylic acids is 2. The molecule has 106 valence electrons. The zero-order valence-electron chi connectivity index (χ0n) is 11.0. The molecule has 0 saturated heterocycles. The van der Waals surface area contributed by atoms with Gasteiger partial charge in [0.15, 0.2) is 6.61 Å². The van der Waals surface area contributed by atoms with E-state index in [0.29, 0.717) is 0 Å². The number of primary amides is 1. The first-order valence-corrected chi connectivity index (χ1v) is 7.56. The Bertz CT molecular complexity index is 669. The molecule has 0 atom stereocenters. The molecule has 0 bridgehead atoms. The standard InChI is InChI=1S/C12H13N3O3S2/c1-6-7(2)20-12-10(6)11(14-5-15-12)19-4-9(17)18-3-8(13)16/h5H,3-4H2,1-2H3,(H2,13,16). The lowest BCUT2D eigenvalue weighted by molar-refractivity contribution is -0.145. The molecule has 0 aromatic carbocycles. The van der Waals surface area contributed by atoms with Gasteiger partial charge in [-0.3, -0.25) is 9.59 Å². The highest BCUT2D eigenvalue weighted by Gasteiger charge is 2.14. The van der Waals surface area contributed by atoms with Gasteiger partial charge in [0.05, 0.1) is 5.75 Å². The number of thiophene rings is 1. The quantitative estimate of drug-likeness (QED) is 0.510. The second-order valence-electron chi connectivity index (χ2n) is 4.06. The lowest BCUT2D eigenvalue weighted by atomic mass is 10.2. The van der Waals surface area contributed by atoms with Gasteiger partial charge in [0.1, 0.15) is 16.2 Å². The molecule has 2 aromatic heterocycles. The highest BCUT2D eigenvalue weighted by atomic mass is 32.2. The fourth-order valence-corrected chi connectivity index (χ4v) is 3.50. The number of nitrogens with two attached hydrogens (primary N) is 1. The van der Waals surface area contributed by atoms with Gasteiger partial charge in [-0.15, -0.1) is 11.3 Å². The average Bonchev–Trinajstić information content (AvgIpc) is 2.70. The average molecular weight is 311 g/mol. The summed E-state index contributed by atoms with van der Waals surface area (Å²) >= 11 is 2.87. The molecular formula is C12H13N3O3S2. The third kappa shape index (κ3) is 3.26. The van der Waals surface area contributed by atoms with E-state index in [1.807, 2.05) is 13.8 Å². The van der Waals surface area contributed by atoms with E-state index in [2.05, 4.69) is 9.97 Å². The maximum atomic E-state index is 11.5. The molecule has 0 saturated carbocycles. The Balaban J connectivity index is 2.10. The van der Waals surface area contributed by atoms with Gasteiger partial charge in [-0.05, 0) is 19.4 Å². The van der Waals surface area contributed by atoms with E-state index in [4.69, 9.17) is 10.5 Å². The molecule has 0 spiro atoms. The zero-order valence-corrected chi connectivity index (χ0v) is 12.6. The molecule has 0 aliphatic rings. The summed E-state index contributed by atoms with van der Waals surface area (Å²) in [5.74, 6) is -1.09. The van der Waals surface area contributed by atoms with Gasteiger partial charge in [-0.2, -0.15) is 0 Å². The molecule has 8 heteroatoms. The number of nitrogens with zero attached hydrogens (tertiary/aromatic N) is 2. The van der Waals surface area contributed by atoms with Crippen molar-refractivity contribution in [1.82, 2.24) is 9.97 Å². The van der Waals surface area contributed by atoms with Crippen LogP contribution in [0.3, 0.4) is 0 Å². The number of rotatable bonds is 5. The third-order valence-corrected chi connectivity index (χ3v) is 4.71. The van der Waals surface area contributed by atoms with Crippen LogP contribution in [0, 0.1) is 13.8 Å². The van der Waals surface area contributed by atoms with Crippen LogP contribution in [0.5, 0.6) is 0 Å². The number of amides is 1. The monoisotopic (exact) mass is 311 g/mol. The molecule has 0 aliphatic carbocycles. The first-order chi connectivity index (χ1) is 9.49. The lowest BCUT2D eigenvalue weighted by Gasteiger charge is -2.03. The number of carbonyl (C=O) groups is 2. The molecule has 2 aromatic rings. The third-order valence-electron chi connectivity index (χ3n) is 2.63. The smallest absolute Gasteiger partial charge is 0.316 e. The number of aryl methyl sites for hydroxylation is 2. The van der Waals surface area contributed by atoms with Gasteiger partial charge < -0.3 is 10.5 Å². The van der Waals surface area contributed by atoms with Crippen molar-refractivity contribution in [2.45, 2.75) is 18.9 Å². The van der Waals surface area contributed by atoms with Gasteiger partial charge in [-0.1, -0.05) is 11.8 Å². The summed E-state index contributed by atoms with van der Waals surface area (Å²) in [5, 5.41) is 1.72. The Hall–Kier alpha value is -1.67. The summed E-state index contributed by atoms with van der Waals surface area (Å²) in [7, 11) is 0. The molecule has 0 radical (unpaired) electrons. The second-order valence-corrected chi connectivity index (χ2v) is 6.23. The van der Waals surface area contributed by atoms with E-state index in [1.54, 1.807) is 11.3 Å². The fraction of sp³-hybridized carbons (Fsp3) is 0.333. The minimum absolute atomic E-state index is 0.0771. The number of aromatic nitrogens is 2. The number of fused-ring (bicyclic) bond motifs is 1. The summed E-state index contributed by atoms with van der Waals surface area (Å²) in [6, 6.07) is 0. The molecule has 0 unspecified atom stereocenters. The largest absolute Gasteiger partial charge is 0.455 e. The minimum atomic E-state index is -0.669. The number of ether oxygens (including phenoxy) is 1. The van der Waals surface area contributed by atoms with E-state index in [-0.39, 0.29) is 5.75 Å². The van der Waals surface area contributed by atoms with Crippen molar-refractivity contribution in [2.24, 2.45) is 5.73 Å². The Morgan fingerprint density at radius 2 is 2.15 bits per heavy atom. The van der Waals surface area contributed by atoms with Crippen molar-refractivity contribution < 1.29 is 14.3 Å². The van der Waals surface area contributed by atoms with Crippen molar-refractivity contribution in [1.29, 1.82) is 0 Å². The van der Waals surface area contributed by atoms with Crippen LogP contribution in [0.2, 0.25) is 0 Å². The van der Waals surface area contributed by atoms with Crippen LogP contribution >= 0.6 is 23.1 Å². The van der Waals surface area contributed by atoms with Crippen LogP contribution in [0.25, 0.3) is 10.2 Å².